The Morgan fingerprint density at radius 1 is 0.520 bits per heavy atom. The van der Waals surface area contributed by atoms with E-state index in [-0.39, 0.29) is 0 Å². The van der Waals surface area contributed by atoms with Crippen molar-refractivity contribution in [2.75, 3.05) is 19.6 Å². The zero-order valence-corrected chi connectivity index (χ0v) is 14.5. The minimum Gasteiger partial charge on any atom is -0.302 e. The third kappa shape index (κ3) is 6.08. The minimum absolute atomic E-state index is 0.964. The van der Waals surface area contributed by atoms with E-state index in [9.17, 15) is 0 Å². The van der Waals surface area contributed by atoms with Crippen molar-refractivity contribution in [1.82, 2.24) is 19.9 Å². The quantitative estimate of drug-likeness (QED) is 0.603. The van der Waals surface area contributed by atoms with Crippen LogP contribution in [0.15, 0.2) is 73.2 Å². The molecule has 0 saturated heterocycles. The van der Waals surface area contributed by atoms with Gasteiger partial charge in [0.2, 0.25) is 0 Å². The van der Waals surface area contributed by atoms with Gasteiger partial charge in [-0.2, -0.15) is 0 Å². The van der Waals surface area contributed by atoms with Crippen LogP contribution in [0, 0.1) is 0 Å². The maximum Gasteiger partial charge on any atom is 0.0416 e. The molecule has 128 valence electrons. The average Bonchev–Trinajstić information content (AvgIpc) is 2.70. The Morgan fingerprint density at radius 3 is 1.16 bits per heavy atom. The molecule has 3 aromatic heterocycles. The Labute approximate surface area is 149 Å². The van der Waals surface area contributed by atoms with Crippen molar-refractivity contribution in [2.45, 2.75) is 19.3 Å². The van der Waals surface area contributed by atoms with E-state index >= 15 is 0 Å². The molecule has 0 fully saturated rings. The fraction of sp³-hybridized carbons (Fsp3) is 0.286. The van der Waals surface area contributed by atoms with Crippen LogP contribution < -0.4 is 0 Å². The molecule has 0 spiro atoms. The third-order valence-corrected chi connectivity index (χ3v) is 4.23. The van der Waals surface area contributed by atoms with Crippen molar-refractivity contribution < 1.29 is 0 Å². The highest BCUT2D eigenvalue weighted by Gasteiger charge is 2.08. The third-order valence-electron chi connectivity index (χ3n) is 4.23. The average molecular weight is 332 g/mol. The molecule has 0 saturated carbocycles. The SMILES string of the molecule is c1ccc(CCN(CCc2ccccn2)CCc2ccccn2)nc1. The van der Waals surface area contributed by atoms with E-state index in [1.54, 1.807) is 0 Å². The molecule has 0 bridgehead atoms. The summed E-state index contributed by atoms with van der Waals surface area (Å²) in [5.41, 5.74) is 3.43. The van der Waals surface area contributed by atoms with Gasteiger partial charge in [-0.05, 0) is 36.4 Å². The monoisotopic (exact) mass is 332 g/mol. The highest BCUT2D eigenvalue weighted by atomic mass is 15.1. The predicted molar refractivity (Wildman–Crippen MR) is 100 cm³/mol. The lowest BCUT2D eigenvalue weighted by molar-refractivity contribution is 0.281. The Kier molecular flexibility index (Phi) is 6.65. The first kappa shape index (κ1) is 17.2. The van der Waals surface area contributed by atoms with Crippen LogP contribution in [-0.2, 0) is 19.3 Å². The zero-order valence-electron chi connectivity index (χ0n) is 14.5. The maximum atomic E-state index is 4.44. The first-order valence-corrected chi connectivity index (χ1v) is 8.82. The fourth-order valence-corrected chi connectivity index (χ4v) is 2.79. The number of hydrogen-bond donors (Lipinski definition) is 0. The van der Waals surface area contributed by atoms with Crippen molar-refractivity contribution in [1.29, 1.82) is 0 Å². The van der Waals surface area contributed by atoms with Gasteiger partial charge >= 0.3 is 0 Å². The summed E-state index contributed by atoms with van der Waals surface area (Å²) in [6.07, 6.45) is 8.48. The van der Waals surface area contributed by atoms with Gasteiger partial charge in [-0.3, -0.25) is 15.0 Å². The van der Waals surface area contributed by atoms with E-state index < -0.39 is 0 Å². The fourth-order valence-electron chi connectivity index (χ4n) is 2.79. The van der Waals surface area contributed by atoms with Crippen LogP contribution in [-0.4, -0.2) is 39.5 Å². The predicted octanol–water partition coefficient (Wildman–Crippen LogP) is 3.20. The van der Waals surface area contributed by atoms with Gasteiger partial charge < -0.3 is 4.90 Å². The lowest BCUT2D eigenvalue weighted by Crippen LogP contribution is -2.31. The highest BCUT2D eigenvalue weighted by Crippen LogP contribution is 2.04. The Bertz CT molecular complexity index is 613. The lowest BCUT2D eigenvalue weighted by Gasteiger charge is -2.22. The number of rotatable bonds is 9. The van der Waals surface area contributed by atoms with Gasteiger partial charge in [0.1, 0.15) is 0 Å². The van der Waals surface area contributed by atoms with E-state index in [0.29, 0.717) is 0 Å². The van der Waals surface area contributed by atoms with Crippen molar-refractivity contribution in [3.05, 3.63) is 90.3 Å². The molecule has 3 heterocycles. The molecule has 0 aliphatic rings. The zero-order chi connectivity index (χ0) is 17.2. The van der Waals surface area contributed by atoms with Crippen LogP contribution in [0.3, 0.4) is 0 Å². The van der Waals surface area contributed by atoms with Gasteiger partial charge in [0.05, 0.1) is 0 Å². The molecule has 0 amide bonds. The highest BCUT2D eigenvalue weighted by molar-refractivity contribution is 5.06. The Hall–Kier alpha value is -2.59. The van der Waals surface area contributed by atoms with Crippen molar-refractivity contribution >= 4 is 0 Å². The normalized spacial score (nSPS) is 10.9. The molecular formula is C21H24N4. The second-order valence-corrected chi connectivity index (χ2v) is 6.05. The Balaban J connectivity index is 1.56. The number of hydrogen-bond acceptors (Lipinski definition) is 4. The maximum absolute atomic E-state index is 4.44. The lowest BCUT2D eigenvalue weighted by atomic mass is 10.2. The van der Waals surface area contributed by atoms with Crippen LogP contribution in [0.1, 0.15) is 17.1 Å². The molecular weight excluding hydrogens is 308 g/mol. The van der Waals surface area contributed by atoms with Gasteiger partial charge in [-0.1, -0.05) is 18.2 Å². The summed E-state index contributed by atoms with van der Waals surface area (Å²) in [7, 11) is 0. The standard InChI is InChI=1S/C21H24N4/c1-4-13-22-19(7-1)10-16-25(17-11-20-8-2-5-14-23-20)18-12-21-9-3-6-15-24-21/h1-9,13-15H,10-12,16-18H2. The van der Waals surface area contributed by atoms with E-state index in [0.717, 1.165) is 56.0 Å². The topological polar surface area (TPSA) is 41.9 Å². The summed E-state index contributed by atoms with van der Waals surface area (Å²) in [6.45, 7) is 2.99. The summed E-state index contributed by atoms with van der Waals surface area (Å²) in [4.78, 5) is 15.8. The van der Waals surface area contributed by atoms with Gasteiger partial charge in [-0.25, -0.2) is 0 Å². The summed E-state index contributed by atoms with van der Waals surface area (Å²) in [6, 6.07) is 18.3. The first-order valence-electron chi connectivity index (χ1n) is 8.82. The molecule has 0 aliphatic carbocycles. The summed E-state index contributed by atoms with van der Waals surface area (Å²) in [5, 5.41) is 0. The van der Waals surface area contributed by atoms with Crippen LogP contribution in [0.5, 0.6) is 0 Å². The van der Waals surface area contributed by atoms with Crippen molar-refractivity contribution in [3.8, 4) is 0 Å². The summed E-state index contributed by atoms with van der Waals surface area (Å²) < 4.78 is 0. The number of nitrogens with zero attached hydrogens (tertiary/aromatic N) is 4. The molecule has 4 heteroatoms. The van der Waals surface area contributed by atoms with E-state index in [2.05, 4.69) is 56.3 Å². The van der Waals surface area contributed by atoms with Gasteiger partial charge in [-0.15, -0.1) is 0 Å². The molecule has 0 radical (unpaired) electrons. The summed E-state index contributed by atoms with van der Waals surface area (Å²) >= 11 is 0. The molecule has 0 unspecified atom stereocenters. The molecule has 0 aromatic carbocycles. The molecule has 0 atom stereocenters. The van der Waals surface area contributed by atoms with Crippen LogP contribution in [0.2, 0.25) is 0 Å². The van der Waals surface area contributed by atoms with Gasteiger partial charge in [0.25, 0.3) is 0 Å². The first-order chi connectivity index (χ1) is 12.4. The number of aromatic nitrogens is 3. The molecule has 0 aliphatic heterocycles. The van der Waals surface area contributed by atoms with E-state index in [1.807, 2.05) is 36.8 Å². The second kappa shape index (κ2) is 9.64. The molecule has 4 nitrogen and oxygen atoms in total. The molecule has 25 heavy (non-hydrogen) atoms. The van der Waals surface area contributed by atoms with Gasteiger partial charge in [0, 0.05) is 74.6 Å². The van der Waals surface area contributed by atoms with Gasteiger partial charge in [0.15, 0.2) is 0 Å². The van der Waals surface area contributed by atoms with Crippen LogP contribution in [0.4, 0.5) is 0 Å². The summed E-state index contributed by atoms with van der Waals surface area (Å²) in [5.74, 6) is 0. The van der Waals surface area contributed by atoms with E-state index in [4.69, 9.17) is 0 Å². The minimum atomic E-state index is 0.964. The molecule has 3 aromatic rings. The number of pyridine rings is 3. The van der Waals surface area contributed by atoms with Crippen LogP contribution in [0.25, 0.3) is 0 Å². The smallest absolute Gasteiger partial charge is 0.0416 e. The van der Waals surface area contributed by atoms with Crippen molar-refractivity contribution in [2.24, 2.45) is 0 Å². The van der Waals surface area contributed by atoms with Crippen molar-refractivity contribution in [3.63, 3.8) is 0 Å². The molecule has 3 rings (SSSR count). The van der Waals surface area contributed by atoms with E-state index in [1.165, 1.54) is 0 Å². The largest absolute Gasteiger partial charge is 0.302 e. The second-order valence-electron chi connectivity index (χ2n) is 6.05. The Morgan fingerprint density at radius 2 is 0.880 bits per heavy atom. The van der Waals surface area contributed by atoms with Crippen LogP contribution >= 0.6 is 0 Å². The molecule has 0 N–H and O–H groups in total.